The number of carbonyl (C=O) groups excluding carboxylic acids is 1. The average molecular weight is 543 g/mol. The summed E-state index contributed by atoms with van der Waals surface area (Å²) in [6.45, 7) is 1.97. The van der Waals surface area contributed by atoms with Gasteiger partial charge in [-0.25, -0.2) is 0 Å². The lowest BCUT2D eigenvalue weighted by Gasteiger charge is -2.27. The first kappa shape index (κ1) is 21.5. The van der Waals surface area contributed by atoms with Gasteiger partial charge in [0.1, 0.15) is 6.17 Å². The van der Waals surface area contributed by atoms with Crippen LogP contribution in [0.15, 0.2) is 48.5 Å². The molecular weight excluding hydrogens is 528 g/mol. The summed E-state index contributed by atoms with van der Waals surface area (Å²) in [4.78, 5) is 12.4. The van der Waals surface area contributed by atoms with Crippen LogP contribution >= 0.6 is 69.6 Å². The van der Waals surface area contributed by atoms with E-state index in [1.54, 1.807) is 18.2 Å². The molecule has 0 spiro atoms. The maximum atomic E-state index is 12.4. The lowest BCUT2D eigenvalue weighted by atomic mass is 10.2. The van der Waals surface area contributed by atoms with E-state index in [9.17, 15) is 4.79 Å². The number of rotatable bonds is 4. The van der Waals surface area contributed by atoms with Crippen LogP contribution in [-0.2, 0) is 0 Å². The SMILES string of the molecule is Cc1cccc(NC(=S)N[C@@H](NC(=O)c2cccc(I)c2)C(Cl)(Cl)Cl)c1. The summed E-state index contributed by atoms with van der Waals surface area (Å²) in [5, 5.41) is 8.70. The van der Waals surface area contributed by atoms with E-state index in [-0.39, 0.29) is 11.0 Å². The van der Waals surface area contributed by atoms with Crippen LogP contribution in [-0.4, -0.2) is 21.0 Å². The summed E-state index contributed by atoms with van der Waals surface area (Å²) in [6, 6.07) is 14.7. The van der Waals surface area contributed by atoms with E-state index in [0.29, 0.717) is 5.56 Å². The number of thiocarbonyl (C=S) groups is 1. The Labute approximate surface area is 186 Å². The highest BCUT2D eigenvalue weighted by molar-refractivity contribution is 14.1. The zero-order chi connectivity index (χ0) is 19.3. The zero-order valence-corrected chi connectivity index (χ0v) is 18.8. The molecular formula is C17H15Cl3IN3OS. The third-order valence-corrected chi connectivity index (χ3v) is 4.79. The van der Waals surface area contributed by atoms with Crippen molar-refractivity contribution in [3.63, 3.8) is 0 Å². The Morgan fingerprint density at radius 1 is 1.12 bits per heavy atom. The number of carbonyl (C=O) groups is 1. The van der Waals surface area contributed by atoms with Gasteiger partial charge in [-0.05, 0) is 77.6 Å². The number of halogens is 4. The molecule has 2 aromatic rings. The van der Waals surface area contributed by atoms with Crippen molar-refractivity contribution in [3.8, 4) is 0 Å². The Hall–Kier alpha value is -0.800. The molecule has 0 aliphatic rings. The van der Waals surface area contributed by atoms with Crippen molar-refractivity contribution < 1.29 is 4.79 Å². The predicted octanol–water partition coefficient (Wildman–Crippen LogP) is 5.01. The second-order valence-electron chi connectivity index (χ2n) is 5.43. The van der Waals surface area contributed by atoms with Gasteiger partial charge in [0.15, 0.2) is 5.11 Å². The normalized spacial score (nSPS) is 12.2. The summed E-state index contributed by atoms with van der Waals surface area (Å²) in [7, 11) is 0. The van der Waals surface area contributed by atoms with Crippen LogP contribution in [0.5, 0.6) is 0 Å². The molecule has 2 rings (SSSR count). The molecule has 0 bridgehead atoms. The second-order valence-corrected chi connectivity index (χ2v) is 9.45. The summed E-state index contributed by atoms with van der Waals surface area (Å²) >= 11 is 25.4. The van der Waals surface area contributed by atoms with Gasteiger partial charge in [0.2, 0.25) is 3.79 Å². The van der Waals surface area contributed by atoms with E-state index < -0.39 is 9.96 Å². The van der Waals surface area contributed by atoms with E-state index in [4.69, 9.17) is 47.0 Å². The van der Waals surface area contributed by atoms with Gasteiger partial charge in [0, 0.05) is 14.8 Å². The van der Waals surface area contributed by atoms with Gasteiger partial charge in [-0.15, -0.1) is 0 Å². The largest absolute Gasteiger partial charge is 0.339 e. The van der Waals surface area contributed by atoms with E-state index >= 15 is 0 Å². The van der Waals surface area contributed by atoms with Gasteiger partial charge in [-0.1, -0.05) is 53.0 Å². The van der Waals surface area contributed by atoms with Gasteiger partial charge in [0.05, 0.1) is 0 Å². The highest BCUT2D eigenvalue weighted by Gasteiger charge is 2.34. The first-order valence-electron chi connectivity index (χ1n) is 7.42. The molecule has 0 aromatic heterocycles. The molecule has 26 heavy (non-hydrogen) atoms. The fourth-order valence-electron chi connectivity index (χ4n) is 2.06. The summed E-state index contributed by atoms with van der Waals surface area (Å²) in [5.74, 6) is -0.384. The van der Waals surface area contributed by atoms with E-state index in [2.05, 4.69) is 38.5 Å². The molecule has 0 aliphatic heterocycles. The highest BCUT2D eigenvalue weighted by Crippen LogP contribution is 2.29. The van der Waals surface area contributed by atoms with Crippen LogP contribution in [0, 0.1) is 10.5 Å². The predicted molar refractivity (Wildman–Crippen MR) is 121 cm³/mol. The molecule has 0 radical (unpaired) electrons. The third kappa shape index (κ3) is 6.74. The van der Waals surface area contributed by atoms with E-state index in [0.717, 1.165) is 14.8 Å². The topological polar surface area (TPSA) is 53.2 Å². The number of hydrogen-bond donors (Lipinski definition) is 3. The van der Waals surface area contributed by atoms with Crippen molar-refractivity contribution in [2.75, 3.05) is 5.32 Å². The van der Waals surface area contributed by atoms with Crippen molar-refractivity contribution in [1.29, 1.82) is 0 Å². The Kier molecular flexibility index (Phi) is 7.78. The average Bonchev–Trinajstić information content (AvgIpc) is 2.53. The molecule has 2 aromatic carbocycles. The highest BCUT2D eigenvalue weighted by atomic mass is 127. The molecule has 1 atom stereocenters. The number of benzene rings is 2. The Balaban J connectivity index is 2.07. The van der Waals surface area contributed by atoms with Gasteiger partial charge in [-0.3, -0.25) is 4.79 Å². The lowest BCUT2D eigenvalue weighted by Crippen LogP contribution is -2.56. The van der Waals surface area contributed by atoms with Crippen LogP contribution in [0.1, 0.15) is 15.9 Å². The number of anilines is 1. The quantitative estimate of drug-likeness (QED) is 0.220. The minimum Gasteiger partial charge on any atom is -0.339 e. The summed E-state index contributed by atoms with van der Waals surface area (Å²) in [5.41, 5.74) is 2.31. The van der Waals surface area contributed by atoms with Crippen molar-refractivity contribution in [3.05, 3.63) is 63.2 Å². The summed E-state index contributed by atoms with van der Waals surface area (Å²) in [6.07, 6.45) is -1.03. The van der Waals surface area contributed by atoms with Crippen LogP contribution in [0.4, 0.5) is 5.69 Å². The van der Waals surface area contributed by atoms with Gasteiger partial charge in [-0.2, -0.15) is 0 Å². The number of hydrogen-bond acceptors (Lipinski definition) is 2. The van der Waals surface area contributed by atoms with E-state index in [1.807, 2.05) is 37.3 Å². The van der Waals surface area contributed by atoms with Crippen molar-refractivity contribution in [2.45, 2.75) is 16.9 Å². The van der Waals surface area contributed by atoms with Gasteiger partial charge < -0.3 is 16.0 Å². The molecule has 3 N–H and O–H groups in total. The maximum absolute atomic E-state index is 12.4. The number of aryl methyl sites for hydroxylation is 1. The molecule has 0 saturated heterocycles. The monoisotopic (exact) mass is 541 g/mol. The maximum Gasteiger partial charge on any atom is 0.253 e. The zero-order valence-electron chi connectivity index (χ0n) is 13.5. The van der Waals surface area contributed by atoms with Crippen LogP contribution in [0.2, 0.25) is 0 Å². The van der Waals surface area contributed by atoms with E-state index in [1.165, 1.54) is 0 Å². The molecule has 138 valence electrons. The van der Waals surface area contributed by atoms with Gasteiger partial charge in [0.25, 0.3) is 5.91 Å². The Morgan fingerprint density at radius 2 is 1.81 bits per heavy atom. The number of alkyl halides is 3. The minimum absolute atomic E-state index is 0.217. The second kappa shape index (κ2) is 9.41. The number of amides is 1. The van der Waals surface area contributed by atoms with Crippen molar-refractivity contribution >= 4 is 86.3 Å². The molecule has 9 heteroatoms. The van der Waals surface area contributed by atoms with Crippen molar-refractivity contribution in [1.82, 2.24) is 10.6 Å². The van der Waals surface area contributed by atoms with Gasteiger partial charge >= 0.3 is 0 Å². The molecule has 0 heterocycles. The van der Waals surface area contributed by atoms with Crippen molar-refractivity contribution in [2.24, 2.45) is 0 Å². The Morgan fingerprint density at radius 3 is 2.42 bits per heavy atom. The molecule has 0 saturated carbocycles. The summed E-state index contributed by atoms with van der Waals surface area (Å²) < 4.78 is -0.888. The molecule has 0 unspecified atom stereocenters. The lowest BCUT2D eigenvalue weighted by molar-refractivity contribution is 0.0934. The molecule has 1 amide bonds. The first-order valence-corrected chi connectivity index (χ1v) is 10.0. The fraction of sp³-hybridized carbons (Fsp3) is 0.176. The Bertz CT molecular complexity index is 814. The molecule has 4 nitrogen and oxygen atoms in total. The first-order chi connectivity index (χ1) is 12.1. The van der Waals surface area contributed by atoms with Crippen LogP contribution in [0.3, 0.4) is 0 Å². The van der Waals surface area contributed by atoms with Crippen LogP contribution in [0.25, 0.3) is 0 Å². The van der Waals surface area contributed by atoms with Crippen LogP contribution < -0.4 is 16.0 Å². The standard InChI is InChI=1S/C17H15Cl3IN3OS/c1-10-4-2-7-13(8-10)22-16(26)24-15(17(18,19)20)23-14(25)11-5-3-6-12(21)9-11/h2-9,15H,1H3,(H,23,25)(H2,22,24,26)/t15-/m1/s1. The molecule has 0 aliphatic carbocycles. The molecule has 0 fully saturated rings. The minimum atomic E-state index is -1.81. The third-order valence-electron chi connectivity index (χ3n) is 3.24. The smallest absolute Gasteiger partial charge is 0.253 e. The fourth-order valence-corrected chi connectivity index (χ4v) is 3.17. The number of nitrogens with one attached hydrogen (secondary N) is 3.